The molecule has 0 spiro atoms. The van der Waals surface area contributed by atoms with Gasteiger partial charge in [0.1, 0.15) is 23.3 Å². The van der Waals surface area contributed by atoms with Crippen molar-refractivity contribution in [1.29, 1.82) is 0 Å². The quantitative estimate of drug-likeness (QED) is 0.391. The number of aromatic amines is 2. The molecule has 0 aliphatic carbocycles. The maximum atomic E-state index is 5.72. The second kappa shape index (κ2) is 8.67. The van der Waals surface area contributed by atoms with E-state index in [1.54, 1.807) is 41.9 Å². The summed E-state index contributed by atoms with van der Waals surface area (Å²) < 4.78 is 3.13. The van der Waals surface area contributed by atoms with Crippen LogP contribution in [0.5, 0.6) is 0 Å². The summed E-state index contributed by atoms with van der Waals surface area (Å²) >= 11 is 5.72. The Morgan fingerprint density at radius 3 is 2.59 bits per heavy atom. The van der Waals surface area contributed by atoms with E-state index in [9.17, 15) is 0 Å². The van der Waals surface area contributed by atoms with Crippen LogP contribution in [0.3, 0.4) is 0 Å². The number of H-pyrrole nitrogens is 2. The van der Waals surface area contributed by atoms with E-state index in [0.29, 0.717) is 22.4 Å². The van der Waals surface area contributed by atoms with Gasteiger partial charge in [-0.05, 0) is 18.2 Å². The van der Waals surface area contributed by atoms with Gasteiger partial charge in [0.15, 0.2) is 11.5 Å². The highest BCUT2D eigenvalue weighted by molar-refractivity contribution is 6.29. The van der Waals surface area contributed by atoms with E-state index in [0.717, 1.165) is 5.52 Å². The van der Waals surface area contributed by atoms with Crippen molar-refractivity contribution >= 4 is 28.5 Å². The third kappa shape index (κ3) is 4.22. The molecular formula is C16H13ClN12. The average Bonchev–Trinajstić information content (AvgIpc) is 3.57. The summed E-state index contributed by atoms with van der Waals surface area (Å²) in [7, 11) is 0. The molecule has 0 saturated heterocycles. The summed E-state index contributed by atoms with van der Waals surface area (Å²) in [6.07, 6.45) is 13.0. The number of imidazole rings is 1. The molecule has 0 bridgehead atoms. The monoisotopic (exact) mass is 408 g/mol. The zero-order valence-corrected chi connectivity index (χ0v) is 15.5. The lowest BCUT2D eigenvalue weighted by Crippen LogP contribution is -1.99. The summed E-state index contributed by atoms with van der Waals surface area (Å²) in [6, 6.07) is 5.33. The van der Waals surface area contributed by atoms with Crippen molar-refractivity contribution in [1.82, 2.24) is 59.5 Å². The molecule has 29 heavy (non-hydrogen) atoms. The lowest BCUT2D eigenvalue weighted by molar-refractivity contribution is 0.848. The van der Waals surface area contributed by atoms with Crippen molar-refractivity contribution < 1.29 is 0 Å². The molecule has 0 aromatic carbocycles. The Balaban J connectivity index is 0.000000119. The number of hydrogen-bond donors (Lipinski definition) is 2. The minimum absolute atomic E-state index is 0.516. The largest absolute Gasteiger partial charge is 0.340 e. The molecule has 0 atom stereocenters. The number of rotatable bonds is 1. The van der Waals surface area contributed by atoms with Crippen LogP contribution < -0.4 is 0 Å². The van der Waals surface area contributed by atoms with Gasteiger partial charge in [-0.25, -0.2) is 24.6 Å². The molecule has 0 radical (unpaired) electrons. The lowest BCUT2D eigenvalue weighted by Gasteiger charge is -1.99. The van der Waals surface area contributed by atoms with Crippen LogP contribution in [0.2, 0.25) is 5.15 Å². The fourth-order valence-electron chi connectivity index (χ4n) is 2.25. The number of aromatic nitrogens is 12. The number of nitrogens with zero attached hydrogens (tertiary/aromatic N) is 10. The molecule has 13 heteroatoms. The first kappa shape index (κ1) is 18.2. The number of halogens is 1. The molecule has 0 aliphatic rings. The van der Waals surface area contributed by atoms with Crippen LogP contribution in [0, 0.1) is 0 Å². The minimum Gasteiger partial charge on any atom is -0.340 e. The Hall–Kier alpha value is -4.19. The minimum atomic E-state index is 0.516. The number of nitrogens with one attached hydrogen (secondary N) is 2. The molecule has 0 fully saturated rings. The number of hydrogen-bond acceptors (Lipinski definition) is 8. The first-order valence-corrected chi connectivity index (χ1v) is 8.59. The van der Waals surface area contributed by atoms with Crippen LogP contribution in [0.4, 0.5) is 0 Å². The highest BCUT2D eigenvalue weighted by Gasteiger charge is 2.06. The predicted molar refractivity (Wildman–Crippen MR) is 103 cm³/mol. The second-order valence-corrected chi connectivity index (χ2v) is 5.64. The first-order valence-electron chi connectivity index (χ1n) is 8.21. The summed E-state index contributed by atoms with van der Waals surface area (Å²) in [5, 5.41) is 14.6. The first-order chi connectivity index (χ1) is 14.3. The van der Waals surface area contributed by atoms with Crippen molar-refractivity contribution in [2.45, 2.75) is 0 Å². The second-order valence-electron chi connectivity index (χ2n) is 5.25. The van der Waals surface area contributed by atoms with E-state index in [-0.39, 0.29) is 0 Å². The molecule has 6 rings (SSSR count). The molecule has 6 aromatic heterocycles. The third-order valence-corrected chi connectivity index (χ3v) is 3.75. The van der Waals surface area contributed by atoms with Crippen molar-refractivity contribution in [2.75, 3.05) is 0 Å². The molecular weight excluding hydrogens is 396 g/mol. The van der Waals surface area contributed by atoms with Crippen molar-refractivity contribution in [2.24, 2.45) is 0 Å². The van der Waals surface area contributed by atoms with Crippen LogP contribution in [-0.2, 0) is 0 Å². The Bertz CT molecular complexity index is 1250. The Kier molecular flexibility index (Phi) is 5.43. The molecule has 0 saturated carbocycles. The van der Waals surface area contributed by atoms with Gasteiger partial charge in [0.05, 0.1) is 6.33 Å². The van der Waals surface area contributed by atoms with Crippen molar-refractivity contribution in [3.8, 4) is 5.82 Å². The van der Waals surface area contributed by atoms with E-state index >= 15 is 0 Å². The SMILES string of the molecule is Clc1ccnc2ncnn12.c1cn[nH]c1.c1cnn(-c2ncnc3nc[nH]c23)c1. The molecule has 0 aliphatic heterocycles. The summed E-state index contributed by atoms with van der Waals surface area (Å²) in [5.41, 5.74) is 1.43. The molecule has 6 heterocycles. The van der Waals surface area contributed by atoms with Gasteiger partial charge in [-0.1, -0.05) is 11.6 Å². The highest BCUT2D eigenvalue weighted by atomic mass is 35.5. The van der Waals surface area contributed by atoms with Gasteiger partial charge in [-0.3, -0.25) is 5.10 Å². The molecule has 6 aromatic rings. The summed E-state index contributed by atoms with van der Waals surface area (Å²) in [5.74, 6) is 1.23. The van der Waals surface area contributed by atoms with Gasteiger partial charge in [0.25, 0.3) is 5.78 Å². The Morgan fingerprint density at radius 1 is 0.897 bits per heavy atom. The van der Waals surface area contributed by atoms with Gasteiger partial charge in [0, 0.05) is 31.0 Å². The zero-order valence-electron chi connectivity index (χ0n) is 14.7. The average molecular weight is 409 g/mol. The summed E-state index contributed by atoms with van der Waals surface area (Å²) in [4.78, 5) is 22.9. The maximum Gasteiger partial charge on any atom is 0.253 e. The maximum absolute atomic E-state index is 5.72. The van der Waals surface area contributed by atoms with Crippen LogP contribution in [0.25, 0.3) is 22.8 Å². The smallest absolute Gasteiger partial charge is 0.253 e. The Morgan fingerprint density at radius 2 is 1.86 bits per heavy atom. The van der Waals surface area contributed by atoms with E-state index < -0.39 is 0 Å². The van der Waals surface area contributed by atoms with Crippen LogP contribution in [-0.4, -0.2) is 59.5 Å². The standard InChI is InChI=1S/C8H6N6.C5H3ClN4.C3H4N2/c1-2-13-14(3-1)8-6-7(10-4-9-6)11-5-12-8;6-4-1-2-7-5-8-3-9-10(4)5;1-2-4-5-3-1/h1-5H,(H,9,10,11,12);1-3H;1-3H,(H,4,5). The predicted octanol–water partition coefficient (Wildman–Crippen LogP) is 1.73. The van der Waals surface area contributed by atoms with E-state index in [1.807, 2.05) is 18.3 Å². The molecule has 144 valence electrons. The molecule has 12 nitrogen and oxygen atoms in total. The number of fused-ring (bicyclic) bond motifs is 2. The van der Waals surface area contributed by atoms with Gasteiger partial charge >= 0.3 is 0 Å². The Labute approximate surface area is 167 Å². The highest BCUT2D eigenvalue weighted by Crippen LogP contribution is 2.12. The zero-order chi connectivity index (χ0) is 19.9. The van der Waals surface area contributed by atoms with Gasteiger partial charge < -0.3 is 4.98 Å². The van der Waals surface area contributed by atoms with Crippen LogP contribution in [0.1, 0.15) is 0 Å². The van der Waals surface area contributed by atoms with Gasteiger partial charge in [-0.15, -0.1) is 0 Å². The topological polar surface area (TPSA) is 144 Å². The fraction of sp³-hybridized carbons (Fsp3) is 0. The van der Waals surface area contributed by atoms with E-state index in [4.69, 9.17) is 11.6 Å². The lowest BCUT2D eigenvalue weighted by atomic mass is 10.5. The van der Waals surface area contributed by atoms with Crippen LogP contribution >= 0.6 is 11.6 Å². The fourth-order valence-corrected chi connectivity index (χ4v) is 2.42. The summed E-state index contributed by atoms with van der Waals surface area (Å²) in [6.45, 7) is 0. The van der Waals surface area contributed by atoms with Crippen molar-refractivity contribution in [3.63, 3.8) is 0 Å². The molecule has 0 amide bonds. The van der Waals surface area contributed by atoms with E-state index in [1.165, 1.54) is 17.2 Å². The molecule has 0 unspecified atom stereocenters. The van der Waals surface area contributed by atoms with E-state index in [2.05, 4.69) is 50.3 Å². The normalized spacial score (nSPS) is 10.2. The molecule has 2 N–H and O–H groups in total. The van der Waals surface area contributed by atoms with Crippen LogP contribution in [0.15, 0.2) is 68.2 Å². The van der Waals surface area contributed by atoms with Gasteiger partial charge in [0.2, 0.25) is 0 Å². The van der Waals surface area contributed by atoms with Crippen molar-refractivity contribution in [3.05, 3.63) is 73.3 Å². The third-order valence-electron chi connectivity index (χ3n) is 3.46. The van der Waals surface area contributed by atoms with Gasteiger partial charge in [-0.2, -0.15) is 24.8 Å².